The molecule has 0 aliphatic carbocycles. The Morgan fingerprint density at radius 2 is 2.04 bits per heavy atom. The van der Waals surface area contributed by atoms with E-state index < -0.39 is 0 Å². The number of hydrogen-bond donors (Lipinski definition) is 1. The number of pyridine rings is 1. The van der Waals surface area contributed by atoms with Crippen LogP contribution in [0.5, 0.6) is 0 Å². The molecule has 1 N–H and O–H groups in total. The first kappa shape index (κ1) is 14.9. The summed E-state index contributed by atoms with van der Waals surface area (Å²) in [7, 11) is 1.70. The molecule has 1 aromatic carbocycles. The molecular weight excluding hydrogens is 332 g/mol. The molecule has 0 spiro atoms. The van der Waals surface area contributed by atoms with E-state index in [0.717, 1.165) is 17.0 Å². The summed E-state index contributed by atoms with van der Waals surface area (Å²) in [6.07, 6.45) is 1.94. The molecule has 26 heavy (non-hydrogen) atoms. The highest BCUT2D eigenvalue weighted by molar-refractivity contribution is 5.97. The molecule has 0 bridgehead atoms. The minimum atomic E-state index is -0.188. The number of amides is 1. The maximum absolute atomic E-state index is 12.7. The van der Waals surface area contributed by atoms with Gasteiger partial charge >= 0.3 is 5.69 Å². The predicted octanol–water partition coefficient (Wildman–Crippen LogP) is 1.15. The van der Waals surface area contributed by atoms with Gasteiger partial charge in [0.15, 0.2) is 5.65 Å². The van der Waals surface area contributed by atoms with Gasteiger partial charge in [0.25, 0.3) is 5.91 Å². The molecular formula is C18H16N6O2. The Morgan fingerprint density at radius 3 is 2.88 bits per heavy atom. The van der Waals surface area contributed by atoms with E-state index in [1.54, 1.807) is 30.1 Å². The molecule has 8 nitrogen and oxygen atoms in total. The summed E-state index contributed by atoms with van der Waals surface area (Å²) in [5.41, 5.74) is 2.65. The van der Waals surface area contributed by atoms with Crippen LogP contribution >= 0.6 is 0 Å². The fourth-order valence-electron chi connectivity index (χ4n) is 3.50. The Balaban J connectivity index is 1.37. The molecule has 0 unspecified atom stereocenters. The van der Waals surface area contributed by atoms with Crippen molar-refractivity contribution >= 4 is 22.6 Å². The minimum absolute atomic E-state index is 0.0401. The molecule has 4 aromatic rings. The van der Waals surface area contributed by atoms with Gasteiger partial charge in [-0.2, -0.15) is 0 Å². The van der Waals surface area contributed by atoms with Crippen LogP contribution in [-0.2, 0) is 7.05 Å². The first-order chi connectivity index (χ1) is 12.6. The lowest BCUT2D eigenvalue weighted by Gasteiger charge is -2.38. The van der Waals surface area contributed by atoms with Crippen LogP contribution < -0.4 is 5.69 Å². The van der Waals surface area contributed by atoms with E-state index in [9.17, 15) is 9.59 Å². The molecule has 0 atom stereocenters. The van der Waals surface area contributed by atoms with Crippen molar-refractivity contribution in [3.8, 4) is 0 Å². The number of aromatic amines is 1. The molecule has 1 saturated heterocycles. The van der Waals surface area contributed by atoms with Crippen molar-refractivity contribution in [1.82, 2.24) is 29.0 Å². The van der Waals surface area contributed by atoms with E-state index in [0.29, 0.717) is 24.2 Å². The molecule has 3 aromatic heterocycles. The molecule has 8 heteroatoms. The van der Waals surface area contributed by atoms with Crippen LogP contribution in [0.25, 0.3) is 16.7 Å². The van der Waals surface area contributed by atoms with E-state index in [1.165, 1.54) is 4.57 Å². The standard InChI is InChI=1S/C18H16N6O2/c1-22-14-6-5-11(8-13(14)19-18(22)26)17(25)23-9-12(10-23)16-21-20-15-4-2-3-7-24(15)16/h2-8,12H,9-10H2,1H3,(H,19,26). The molecule has 1 fully saturated rings. The molecule has 4 heterocycles. The average Bonchev–Trinajstić information content (AvgIpc) is 3.15. The predicted molar refractivity (Wildman–Crippen MR) is 95.2 cm³/mol. The number of nitrogens with one attached hydrogen (secondary N) is 1. The summed E-state index contributed by atoms with van der Waals surface area (Å²) in [5.74, 6) is 1.02. The Kier molecular flexibility index (Phi) is 3.03. The van der Waals surface area contributed by atoms with E-state index in [-0.39, 0.29) is 17.5 Å². The third-order valence-electron chi connectivity index (χ3n) is 5.03. The van der Waals surface area contributed by atoms with Gasteiger partial charge in [0, 0.05) is 31.9 Å². The number of carbonyl (C=O) groups is 1. The van der Waals surface area contributed by atoms with Crippen molar-refractivity contribution in [2.75, 3.05) is 13.1 Å². The summed E-state index contributed by atoms with van der Waals surface area (Å²) in [6.45, 7) is 1.22. The largest absolute Gasteiger partial charge is 0.337 e. The lowest BCUT2D eigenvalue weighted by atomic mass is 9.98. The Morgan fingerprint density at radius 1 is 1.19 bits per heavy atom. The Hall–Kier alpha value is -3.42. The van der Waals surface area contributed by atoms with Crippen LogP contribution in [0.4, 0.5) is 0 Å². The smallest absolute Gasteiger partial charge is 0.326 e. The van der Waals surface area contributed by atoms with Crippen molar-refractivity contribution in [1.29, 1.82) is 0 Å². The summed E-state index contributed by atoms with van der Waals surface area (Å²) in [6, 6.07) is 11.1. The summed E-state index contributed by atoms with van der Waals surface area (Å²) in [5, 5.41) is 8.44. The van der Waals surface area contributed by atoms with Crippen molar-refractivity contribution in [2.24, 2.45) is 7.05 Å². The van der Waals surface area contributed by atoms with Crippen molar-refractivity contribution in [3.05, 3.63) is 64.5 Å². The third-order valence-corrected chi connectivity index (χ3v) is 5.03. The minimum Gasteiger partial charge on any atom is -0.337 e. The van der Waals surface area contributed by atoms with Crippen molar-refractivity contribution in [2.45, 2.75) is 5.92 Å². The van der Waals surface area contributed by atoms with Gasteiger partial charge in [-0.15, -0.1) is 10.2 Å². The van der Waals surface area contributed by atoms with Gasteiger partial charge in [-0.05, 0) is 30.3 Å². The molecule has 0 saturated carbocycles. The van der Waals surface area contributed by atoms with Crippen LogP contribution in [0.1, 0.15) is 22.1 Å². The number of hydrogen-bond acceptors (Lipinski definition) is 4. The zero-order valence-electron chi connectivity index (χ0n) is 14.1. The molecule has 130 valence electrons. The van der Waals surface area contributed by atoms with Gasteiger partial charge < -0.3 is 9.88 Å². The fraction of sp³-hybridized carbons (Fsp3) is 0.222. The normalized spacial score (nSPS) is 14.9. The lowest BCUT2D eigenvalue weighted by molar-refractivity contribution is 0.0594. The van der Waals surface area contributed by atoms with Gasteiger partial charge in [-0.25, -0.2) is 4.79 Å². The quantitative estimate of drug-likeness (QED) is 0.589. The van der Waals surface area contributed by atoms with E-state index in [2.05, 4.69) is 15.2 Å². The monoisotopic (exact) mass is 348 g/mol. The number of carbonyl (C=O) groups excluding carboxylic acids is 1. The summed E-state index contributed by atoms with van der Waals surface area (Å²) in [4.78, 5) is 29.0. The lowest BCUT2D eigenvalue weighted by Crippen LogP contribution is -2.49. The number of nitrogens with zero attached hydrogens (tertiary/aromatic N) is 5. The van der Waals surface area contributed by atoms with Crippen LogP contribution in [-0.4, -0.2) is 48.0 Å². The van der Waals surface area contributed by atoms with Gasteiger partial charge in [0.05, 0.1) is 17.0 Å². The zero-order valence-corrected chi connectivity index (χ0v) is 14.1. The average molecular weight is 348 g/mol. The second kappa shape index (κ2) is 5.29. The van der Waals surface area contributed by atoms with Gasteiger partial charge in [0.2, 0.25) is 0 Å². The second-order valence-corrected chi connectivity index (χ2v) is 6.62. The van der Waals surface area contributed by atoms with Crippen LogP contribution in [0, 0.1) is 0 Å². The second-order valence-electron chi connectivity index (χ2n) is 6.62. The first-order valence-electron chi connectivity index (χ1n) is 8.39. The first-order valence-corrected chi connectivity index (χ1v) is 8.39. The number of likely N-dealkylation sites (tertiary alicyclic amines) is 1. The highest BCUT2D eigenvalue weighted by Crippen LogP contribution is 2.28. The van der Waals surface area contributed by atoms with Crippen LogP contribution in [0.15, 0.2) is 47.4 Å². The van der Waals surface area contributed by atoms with Gasteiger partial charge in [0.1, 0.15) is 5.82 Å². The molecule has 1 amide bonds. The number of rotatable bonds is 2. The number of aromatic nitrogens is 5. The van der Waals surface area contributed by atoms with Crippen molar-refractivity contribution < 1.29 is 4.79 Å². The molecule has 1 aliphatic rings. The van der Waals surface area contributed by atoms with Crippen molar-refractivity contribution in [3.63, 3.8) is 0 Å². The zero-order chi connectivity index (χ0) is 17.8. The maximum Gasteiger partial charge on any atom is 0.326 e. The number of fused-ring (bicyclic) bond motifs is 2. The summed E-state index contributed by atoms with van der Waals surface area (Å²) >= 11 is 0. The SMILES string of the molecule is Cn1c(=O)[nH]c2cc(C(=O)N3CC(c4nnc5ccccn45)C3)ccc21. The van der Waals surface area contributed by atoms with Gasteiger partial charge in [-0.3, -0.25) is 13.8 Å². The Bertz CT molecular complexity index is 1210. The third kappa shape index (κ3) is 2.08. The van der Waals surface area contributed by atoms with E-state index in [1.807, 2.05) is 28.8 Å². The molecule has 5 rings (SSSR count). The maximum atomic E-state index is 12.7. The van der Waals surface area contributed by atoms with Crippen LogP contribution in [0.2, 0.25) is 0 Å². The highest BCUT2D eigenvalue weighted by Gasteiger charge is 2.35. The molecule has 0 radical (unpaired) electrons. The van der Waals surface area contributed by atoms with Crippen LogP contribution in [0.3, 0.4) is 0 Å². The van der Waals surface area contributed by atoms with E-state index >= 15 is 0 Å². The fourth-order valence-corrected chi connectivity index (χ4v) is 3.50. The topological polar surface area (TPSA) is 88.3 Å². The Labute approximate surface area is 147 Å². The number of benzene rings is 1. The number of H-pyrrole nitrogens is 1. The highest BCUT2D eigenvalue weighted by atomic mass is 16.2. The summed E-state index contributed by atoms with van der Waals surface area (Å²) < 4.78 is 3.49. The van der Waals surface area contributed by atoms with E-state index in [4.69, 9.17) is 0 Å². The van der Waals surface area contributed by atoms with Gasteiger partial charge in [-0.1, -0.05) is 6.07 Å². The number of aryl methyl sites for hydroxylation is 1. The molecule has 1 aliphatic heterocycles. The number of imidazole rings is 1.